The summed E-state index contributed by atoms with van der Waals surface area (Å²) in [6.07, 6.45) is 1.92. The second kappa shape index (κ2) is 11.7. The first-order valence-electron chi connectivity index (χ1n) is 11.1. The lowest BCUT2D eigenvalue weighted by Crippen LogP contribution is -2.21. The Bertz CT molecular complexity index is 1160. The van der Waals surface area contributed by atoms with Crippen molar-refractivity contribution in [2.45, 2.75) is 45.9 Å². The number of hydrogen-bond acceptors (Lipinski definition) is 6. The first kappa shape index (κ1) is 25.3. The number of aromatic nitrogens is 2. The van der Waals surface area contributed by atoms with Gasteiger partial charge >= 0.3 is 5.97 Å². The molecule has 1 aromatic heterocycles. The fourth-order valence-corrected chi connectivity index (χ4v) is 3.89. The van der Waals surface area contributed by atoms with E-state index in [2.05, 4.69) is 17.0 Å². The van der Waals surface area contributed by atoms with E-state index in [-0.39, 0.29) is 16.7 Å². The van der Waals surface area contributed by atoms with E-state index in [0.717, 1.165) is 40.9 Å². The first-order valence-corrected chi connectivity index (χ1v) is 11.5. The summed E-state index contributed by atoms with van der Waals surface area (Å²) in [7, 11) is 1.47. The number of methoxy groups -OCH3 is 1. The van der Waals surface area contributed by atoms with E-state index in [1.165, 1.54) is 7.11 Å². The summed E-state index contributed by atoms with van der Waals surface area (Å²) >= 11 is 6.38. The summed E-state index contributed by atoms with van der Waals surface area (Å²) in [5, 5.41) is 3.75. The van der Waals surface area contributed by atoms with E-state index >= 15 is 0 Å². The van der Waals surface area contributed by atoms with Crippen molar-refractivity contribution in [1.29, 1.82) is 0 Å². The van der Waals surface area contributed by atoms with Gasteiger partial charge in [-0.05, 0) is 30.0 Å². The van der Waals surface area contributed by atoms with E-state index in [1.807, 2.05) is 53.1 Å². The maximum atomic E-state index is 12.8. The topological polar surface area (TPSA) is 118 Å². The lowest BCUT2D eigenvalue weighted by Gasteiger charge is -2.15. The molecule has 9 heteroatoms. The van der Waals surface area contributed by atoms with Crippen LogP contribution in [0.15, 0.2) is 53.6 Å². The summed E-state index contributed by atoms with van der Waals surface area (Å²) < 4.78 is 12.2. The molecule has 0 aliphatic carbocycles. The number of aryl methyl sites for hydroxylation is 1. The summed E-state index contributed by atoms with van der Waals surface area (Å²) in [5.41, 5.74) is 9.81. The van der Waals surface area contributed by atoms with Crippen LogP contribution in [0.4, 0.5) is 0 Å². The van der Waals surface area contributed by atoms with Crippen molar-refractivity contribution in [3.8, 4) is 11.1 Å². The number of hydrazone groups is 1. The average molecular weight is 484 g/mol. The number of halogens is 1. The largest absolute Gasteiger partial charge is 0.431 e. The number of unbranched alkanes of at least 4 members (excludes halogenated alkanes) is 1. The minimum atomic E-state index is -0.699. The third-order valence-electron chi connectivity index (χ3n) is 5.50. The Morgan fingerprint density at radius 3 is 2.56 bits per heavy atom. The van der Waals surface area contributed by atoms with E-state index in [9.17, 15) is 4.79 Å². The van der Waals surface area contributed by atoms with Crippen LogP contribution in [0, 0.1) is 0 Å². The van der Waals surface area contributed by atoms with Crippen molar-refractivity contribution in [3.63, 3.8) is 0 Å². The number of hydrogen-bond donors (Lipinski definition) is 2. The fraction of sp³-hybridized carbons (Fsp3) is 0.320. The van der Waals surface area contributed by atoms with E-state index in [1.54, 1.807) is 6.92 Å². The van der Waals surface area contributed by atoms with Crippen LogP contribution in [0.3, 0.4) is 0 Å². The second-order valence-electron chi connectivity index (χ2n) is 7.82. The van der Waals surface area contributed by atoms with Crippen molar-refractivity contribution >= 4 is 23.4 Å². The smallest absolute Gasteiger partial charge is 0.360 e. The van der Waals surface area contributed by atoms with Gasteiger partial charge < -0.3 is 25.6 Å². The molecule has 8 nitrogen and oxygen atoms in total. The van der Waals surface area contributed by atoms with Crippen LogP contribution < -0.4 is 11.6 Å². The Kier molecular flexibility index (Phi) is 8.67. The van der Waals surface area contributed by atoms with Gasteiger partial charge in [-0.25, -0.2) is 9.78 Å². The molecule has 0 saturated heterocycles. The van der Waals surface area contributed by atoms with Gasteiger partial charge in [0.2, 0.25) is 0 Å². The number of amidine groups is 1. The molecule has 1 atom stereocenters. The molecule has 1 unspecified atom stereocenters. The lowest BCUT2D eigenvalue weighted by atomic mass is 9.98. The van der Waals surface area contributed by atoms with Gasteiger partial charge in [-0.1, -0.05) is 73.5 Å². The minimum Gasteiger partial charge on any atom is -0.431 e. The first-order chi connectivity index (χ1) is 16.4. The molecule has 3 rings (SSSR count). The number of carbonyl (C=O) groups is 1. The second-order valence-corrected chi connectivity index (χ2v) is 8.18. The van der Waals surface area contributed by atoms with E-state index in [0.29, 0.717) is 13.0 Å². The maximum Gasteiger partial charge on any atom is 0.360 e. The molecule has 0 amide bonds. The molecular formula is C25H30ClN5O3. The molecule has 0 bridgehead atoms. The molecule has 180 valence electrons. The molecule has 0 fully saturated rings. The van der Waals surface area contributed by atoms with Gasteiger partial charge in [0.05, 0.1) is 0 Å². The number of carbonyl (C=O) groups excluding carboxylic acids is 1. The molecule has 1 heterocycles. The van der Waals surface area contributed by atoms with Gasteiger partial charge in [-0.15, -0.1) is 0 Å². The molecule has 0 spiro atoms. The van der Waals surface area contributed by atoms with Gasteiger partial charge in [0.25, 0.3) is 0 Å². The summed E-state index contributed by atoms with van der Waals surface area (Å²) in [6.45, 7) is 4.16. The Balaban J connectivity index is 1.94. The third kappa shape index (κ3) is 5.76. The molecule has 34 heavy (non-hydrogen) atoms. The SMILES string of the molecule is CCCCc1nc(Cl)c(C(=O)OC(C)OC)n1Cc1ccc(-c2ccccc2/C(N)=N/N)cc1. The lowest BCUT2D eigenvalue weighted by molar-refractivity contribution is -0.0778. The van der Waals surface area contributed by atoms with E-state index in [4.69, 9.17) is 32.7 Å². The molecular weight excluding hydrogens is 454 g/mol. The Labute approximate surface area is 204 Å². The standard InChI is InChI=1S/C25H30ClN5O3/c1-4-5-10-21-29-23(26)22(25(32)34-16(2)33-3)31(21)15-17-11-13-18(14-12-17)19-8-6-7-9-20(19)24(27)30-28/h6-9,11-14,16H,4-5,10,15,28H2,1-3H3,(H2,27,30). The molecule has 4 N–H and O–H groups in total. The number of ether oxygens (including phenoxy) is 2. The average Bonchev–Trinajstić information content (AvgIpc) is 3.16. The van der Waals surface area contributed by atoms with Gasteiger partial charge in [-0.3, -0.25) is 0 Å². The van der Waals surface area contributed by atoms with Gasteiger partial charge in [0, 0.05) is 25.6 Å². The van der Waals surface area contributed by atoms with Gasteiger partial charge in [0.15, 0.2) is 23.0 Å². The van der Waals surface area contributed by atoms with Crippen LogP contribution >= 0.6 is 11.6 Å². The number of benzene rings is 2. The van der Waals surface area contributed by atoms with Crippen LogP contribution in [0.2, 0.25) is 5.15 Å². The highest BCUT2D eigenvalue weighted by atomic mass is 35.5. The van der Waals surface area contributed by atoms with Crippen LogP contribution in [-0.2, 0) is 22.4 Å². The number of rotatable bonds is 10. The van der Waals surface area contributed by atoms with Crippen molar-refractivity contribution < 1.29 is 14.3 Å². The molecule has 0 saturated carbocycles. The van der Waals surface area contributed by atoms with Gasteiger partial charge in [-0.2, -0.15) is 5.10 Å². The maximum absolute atomic E-state index is 12.8. The van der Waals surface area contributed by atoms with Crippen molar-refractivity contribution in [3.05, 3.63) is 76.3 Å². The monoisotopic (exact) mass is 483 g/mol. The van der Waals surface area contributed by atoms with Gasteiger partial charge in [0.1, 0.15) is 5.82 Å². The van der Waals surface area contributed by atoms with Crippen LogP contribution in [0.1, 0.15) is 54.1 Å². The number of imidazole rings is 1. The van der Waals surface area contributed by atoms with Crippen LogP contribution in [-0.4, -0.2) is 34.8 Å². The highest BCUT2D eigenvalue weighted by Gasteiger charge is 2.25. The Hall–Kier alpha value is -3.36. The Morgan fingerprint density at radius 2 is 1.91 bits per heavy atom. The molecule has 0 aliphatic heterocycles. The van der Waals surface area contributed by atoms with Crippen LogP contribution in [0.5, 0.6) is 0 Å². The number of nitrogens with zero attached hydrogens (tertiary/aromatic N) is 3. The van der Waals surface area contributed by atoms with Crippen molar-refractivity contribution in [1.82, 2.24) is 9.55 Å². The normalized spacial score (nSPS) is 12.5. The summed E-state index contributed by atoms with van der Waals surface area (Å²) in [5.74, 6) is 5.82. The summed E-state index contributed by atoms with van der Waals surface area (Å²) in [6, 6.07) is 15.6. The highest BCUT2D eigenvalue weighted by molar-refractivity contribution is 6.32. The molecule has 2 aromatic carbocycles. The van der Waals surface area contributed by atoms with Crippen molar-refractivity contribution in [2.75, 3.05) is 7.11 Å². The van der Waals surface area contributed by atoms with Crippen LogP contribution in [0.25, 0.3) is 11.1 Å². The molecule has 0 aliphatic rings. The Morgan fingerprint density at radius 1 is 1.21 bits per heavy atom. The summed E-state index contributed by atoms with van der Waals surface area (Å²) in [4.78, 5) is 17.3. The number of esters is 1. The predicted octanol–water partition coefficient (Wildman–Crippen LogP) is 4.32. The highest BCUT2D eigenvalue weighted by Crippen LogP contribution is 2.26. The van der Waals surface area contributed by atoms with Crippen molar-refractivity contribution in [2.24, 2.45) is 16.7 Å². The van der Waals surface area contributed by atoms with E-state index < -0.39 is 12.3 Å². The molecule has 0 radical (unpaired) electrons. The predicted molar refractivity (Wildman–Crippen MR) is 134 cm³/mol. The quantitative estimate of drug-likeness (QED) is 0.111. The zero-order valence-corrected chi connectivity index (χ0v) is 20.4. The molecule has 3 aromatic rings. The zero-order chi connectivity index (χ0) is 24.7. The minimum absolute atomic E-state index is 0.126. The zero-order valence-electron chi connectivity index (χ0n) is 19.6. The number of nitrogens with two attached hydrogens (primary N) is 2. The third-order valence-corrected chi connectivity index (χ3v) is 5.77. The fourth-order valence-electron chi connectivity index (χ4n) is 3.61.